The van der Waals surface area contributed by atoms with Crippen LogP contribution in [-0.4, -0.2) is 105 Å². The Morgan fingerprint density at radius 2 is 1.86 bits per heavy atom. The monoisotopic (exact) mass is 623 g/mol. The van der Waals surface area contributed by atoms with Gasteiger partial charge in [-0.3, -0.25) is 4.79 Å². The highest BCUT2D eigenvalue weighted by Gasteiger charge is 2.57. The number of hydrogen-bond acceptors (Lipinski definition) is 10. The molecule has 3 saturated heterocycles. The molecule has 12 nitrogen and oxygen atoms in total. The van der Waals surface area contributed by atoms with Gasteiger partial charge in [-0.15, -0.1) is 0 Å². The summed E-state index contributed by atoms with van der Waals surface area (Å²) >= 11 is 0. The van der Waals surface area contributed by atoms with Crippen molar-refractivity contribution in [3.05, 3.63) is 48.6 Å². The van der Waals surface area contributed by atoms with Crippen molar-refractivity contribution in [1.29, 1.82) is 0 Å². The van der Waals surface area contributed by atoms with Gasteiger partial charge in [-0.05, 0) is 13.3 Å². The maximum atomic E-state index is 13.4. The fourth-order valence-electron chi connectivity index (χ4n) is 6.00. The Hall–Kier alpha value is -2.42. The third kappa shape index (κ3) is 8.24. The van der Waals surface area contributed by atoms with Crippen molar-refractivity contribution in [2.45, 2.75) is 102 Å². The highest BCUT2D eigenvalue weighted by Crippen LogP contribution is 2.44. The summed E-state index contributed by atoms with van der Waals surface area (Å²) in [5.74, 6) is -3.30. The second-order valence-electron chi connectivity index (χ2n) is 12.1. The van der Waals surface area contributed by atoms with E-state index in [-0.39, 0.29) is 31.3 Å². The molecule has 10 atom stereocenters. The molecule has 12 heteroatoms. The largest absolute Gasteiger partial charge is 0.478 e. The van der Waals surface area contributed by atoms with Crippen LogP contribution in [0.2, 0.25) is 0 Å². The minimum Gasteiger partial charge on any atom is -0.478 e. The fraction of sp³-hybridized carbons (Fsp3) is 0.688. The highest BCUT2D eigenvalue weighted by atomic mass is 16.7. The first kappa shape index (κ1) is 36.1. The van der Waals surface area contributed by atoms with Gasteiger partial charge in [0.2, 0.25) is 5.79 Å². The van der Waals surface area contributed by atoms with E-state index in [4.69, 9.17) is 38.3 Å². The standard InChI is InChI=1S/C32H49NO11/c1-19-17-32(40-8,44-21(3)20(19)2)27(36)29(37)33-30-26-25(41-18-42-30)28(39-7)31(4,5)23(43-26)16-22(38-6)14-12-10-9-11-13-15-24(34)35/h9,11-15,20-23,25-28,30,36H,1,10,16-18H2,2-8H3,(H,33,37)(H,34,35)/b11-9+,14-12+,15-13+/t20-,21-,22-,23-,25+,26+,27-,28-,30-,32-/m1/s1. The van der Waals surface area contributed by atoms with Crippen LogP contribution >= 0.6 is 0 Å². The van der Waals surface area contributed by atoms with Crippen molar-refractivity contribution in [3.63, 3.8) is 0 Å². The van der Waals surface area contributed by atoms with Crippen molar-refractivity contribution < 1.29 is 53.0 Å². The van der Waals surface area contributed by atoms with Gasteiger partial charge in [0.15, 0.2) is 12.3 Å². The normalized spacial score (nSPS) is 35.5. The number of aliphatic hydroxyl groups is 1. The summed E-state index contributed by atoms with van der Waals surface area (Å²) in [5.41, 5.74) is 0.299. The summed E-state index contributed by atoms with van der Waals surface area (Å²) in [5, 5.41) is 22.6. The summed E-state index contributed by atoms with van der Waals surface area (Å²) in [7, 11) is 4.61. The third-order valence-corrected chi connectivity index (χ3v) is 8.93. The van der Waals surface area contributed by atoms with Crippen LogP contribution in [0.15, 0.2) is 48.6 Å². The van der Waals surface area contributed by atoms with Gasteiger partial charge in [0.1, 0.15) is 19.0 Å². The van der Waals surface area contributed by atoms with Crippen LogP contribution in [0.3, 0.4) is 0 Å². The van der Waals surface area contributed by atoms with E-state index in [9.17, 15) is 14.7 Å². The van der Waals surface area contributed by atoms with Gasteiger partial charge in [-0.2, -0.15) is 0 Å². The Morgan fingerprint density at radius 1 is 1.14 bits per heavy atom. The molecule has 248 valence electrons. The molecule has 0 aromatic heterocycles. The van der Waals surface area contributed by atoms with Crippen LogP contribution < -0.4 is 5.32 Å². The molecular weight excluding hydrogens is 574 g/mol. The number of aliphatic carboxylic acids is 1. The molecule has 0 unspecified atom stereocenters. The summed E-state index contributed by atoms with van der Waals surface area (Å²) in [6, 6.07) is 0. The van der Waals surface area contributed by atoms with Gasteiger partial charge < -0.3 is 48.7 Å². The van der Waals surface area contributed by atoms with E-state index in [2.05, 4.69) is 11.9 Å². The smallest absolute Gasteiger partial charge is 0.328 e. The van der Waals surface area contributed by atoms with Crippen LogP contribution in [0.4, 0.5) is 0 Å². The first-order valence-electron chi connectivity index (χ1n) is 14.9. The zero-order chi connectivity index (χ0) is 32.7. The molecule has 3 aliphatic heterocycles. The van der Waals surface area contributed by atoms with Crippen LogP contribution in [0.25, 0.3) is 0 Å². The summed E-state index contributed by atoms with van der Waals surface area (Å²) in [6.45, 7) is 11.9. The van der Waals surface area contributed by atoms with E-state index in [1.54, 1.807) is 20.3 Å². The first-order valence-corrected chi connectivity index (χ1v) is 14.9. The van der Waals surface area contributed by atoms with Crippen molar-refractivity contribution in [2.75, 3.05) is 28.1 Å². The predicted molar refractivity (Wildman–Crippen MR) is 160 cm³/mol. The molecule has 0 radical (unpaired) electrons. The van der Waals surface area contributed by atoms with E-state index in [0.29, 0.717) is 12.8 Å². The van der Waals surface area contributed by atoms with Crippen molar-refractivity contribution in [2.24, 2.45) is 11.3 Å². The lowest BCUT2D eigenvalue weighted by molar-refractivity contribution is -0.332. The number of aliphatic hydroxyl groups excluding tert-OH is 1. The Bertz CT molecular complexity index is 1090. The lowest BCUT2D eigenvalue weighted by Gasteiger charge is -2.54. The molecule has 0 saturated carbocycles. The van der Waals surface area contributed by atoms with Crippen molar-refractivity contribution >= 4 is 11.9 Å². The van der Waals surface area contributed by atoms with E-state index in [1.165, 1.54) is 13.2 Å². The Morgan fingerprint density at radius 3 is 2.48 bits per heavy atom. The average Bonchev–Trinajstić information content (AvgIpc) is 2.98. The number of rotatable bonds is 13. The molecule has 3 N–H and O–H groups in total. The number of hydrogen-bond donors (Lipinski definition) is 3. The molecule has 0 spiro atoms. The quantitative estimate of drug-likeness (QED) is 0.158. The topological polar surface area (TPSA) is 151 Å². The summed E-state index contributed by atoms with van der Waals surface area (Å²) in [6.07, 6.45) is 5.69. The van der Waals surface area contributed by atoms with Crippen molar-refractivity contribution in [1.82, 2.24) is 5.32 Å². The summed E-state index contributed by atoms with van der Waals surface area (Å²) in [4.78, 5) is 24.0. The van der Waals surface area contributed by atoms with Crippen LogP contribution in [0.5, 0.6) is 0 Å². The molecular formula is C32H49NO11. The molecule has 0 aromatic carbocycles. The number of allylic oxidation sites excluding steroid dienone is 4. The number of carboxylic acid groups (broad SMARTS) is 1. The molecule has 3 fully saturated rings. The maximum absolute atomic E-state index is 13.4. The zero-order valence-corrected chi connectivity index (χ0v) is 26.8. The molecule has 1 amide bonds. The van der Waals surface area contributed by atoms with Gasteiger partial charge in [0.05, 0.1) is 24.4 Å². The number of carbonyl (C=O) groups is 2. The molecule has 0 aliphatic carbocycles. The second kappa shape index (κ2) is 15.7. The number of amides is 1. The average molecular weight is 624 g/mol. The molecule has 3 aliphatic rings. The lowest BCUT2D eigenvalue weighted by atomic mass is 9.72. The molecule has 3 heterocycles. The number of nitrogens with one attached hydrogen (secondary N) is 1. The van der Waals surface area contributed by atoms with E-state index >= 15 is 0 Å². The Labute approximate surface area is 260 Å². The lowest BCUT2D eigenvalue weighted by Crippen LogP contribution is -2.69. The number of ether oxygens (including phenoxy) is 7. The molecule has 44 heavy (non-hydrogen) atoms. The SMILES string of the molecule is C=C1C[C@](OC)([C@H](O)C(=O)N[C@@H]2OCO[C@H]3[C@@H]2O[C@H](C[C@@H](/C=C/C/C=C/C=C/C(=O)O)OC)C(C)(C)[C@@H]3OC)O[C@H](C)[C@@H]1C. The van der Waals surface area contributed by atoms with Gasteiger partial charge in [-0.1, -0.05) is 63.3 Å². The molecule has 3 rings (SSSR count). The molecule has 0 bridgehead atoms. The first-order chi connectivity index (χ1) is 20.8. The van der Waals surface area contributed by atoms with Gasteiger partial charge >= 0.3 is 5.97 Å². The van der Waals surface area contributed by atoms with Gasteiger partial charge in [0.25, 0.3) is 5.91 Å². The van der Waals surface area contributed by atoms with Gasteiger partial charge in [-0.25, -0.2) is 4.79 Å². The van der Waals surface area contributed by atoms with Crippen molar-refractivity contribution in [3.8, 4) is 0 Å². The number of fused-ring (bicyclic) bond motifs is 1. The van der Waals surface area contributed by atoms with E-state index < -0.39 is 59.8 Å². The minimum atomic E-state index is -1.67. The number of carbonyl (C=O) groups excluding carboxylic acids is 1. The Kier molecular flexibility index (Phi) is 12.9. The Balaban J connectivity index is 1.74. The minimum absolute atomic E-state index is 0.0400. The maximum Gasteiger partial charge on any atom is 0.328 e. The molecule has 0 aromatic rings. The number of methoxy groups -OCH3 is 3. The summed E-state index contributed by atoms with van der Waals surface area (Å²) < 4.78 is 41.6. The third-order valence-electron chi connectivity index (χ3n) is 8.93. The van der Waals surface area contributed by atoms with Crippen LogP contribution in [0, 0.1) is 11.3 Å². The van der Waals surface area contributed by atoms with Crippen LogP contribution in [0.1, 0.15) is 47.0 Å². The second-order valence-corrected chi connectivity index (χ2v) is 12.1. The van der Waals surface area contributed by atoms with Gasteiger partial charge in [0, 0.05) is 51.6 Å². The highest BCUT2D eigenvalue weighted by molar-refractivity contribution is 5.82. The van der Waals surface area contributed by atoms with Crippen LogP contribution in [-0.2, 0) is 42.7 Å². The number of carboxylic acids is 1. The van der Waals surface area contributed by atoms with E-state index in [0.717, 1.165) is 11.6 Å². The fourth-order valence-corrected chi connectivity index (χ4v) is 6.00. The predicted octanol–water partition coefficient (Wildman–Crippen LogP) is 2.86. The zero-order valence-electron chi connectivity index (χ0n) is 26.8. The van der Waals surface area contributed by atoms with E-state index in [1.807, 2.05) is 45.9 Å².